The highest BCUT2D eigenvalue weighted by atomic mass is 79.9. The minimum atomic E-state index is -0.351. The van der Waals surface area contributed by atoms with Gasteiger partial charge < -0.3 is 10.4 Å². The molecule has 0 saturated carbocycles. The first-order valence-corrected chi connectivity index (χ1v) is 8.44. The van der Waals surface area contributed by atoms with Crippen LogP contribution in [0.4, 0.5) is 0 Å². The van der Waals surface area contributed by atoms with E-state index in [0.717, 1.165) is 10.9 Å². The second-order valence-electron chi connectivity index (χ2n) is 4.02. The summed E-state index contributed by atoms with van der Waals surface area (Å²) in [6.07, 6.45) is 0.784. The van der Waals surface area contributed by atoms with E-state index in [9.17, 15) is 9.90 Å². The Labute approximate surface area is 132 Å². The Morgan fingerprint density at radius 3 is 2.44 bits per heavy atom. The van der Waals surface area contributed by atoms with E-state index in [1.807, 2.05) is 6.92 Å². The lowest BCUT2D eigenvalue weighted by Gasteiger charge is -2.30. The van der Waals surface area contributed by atoms with E-state index in [-0.39, 0.29) is 22.8 Å². The van der Waals surface area contributed by atoms with Gasteiger partial charge in [-0.3, -0.25) is 4.79 Å². The zero-order valence-electron chi connectivity index (χ0n) is 9.84. The van der Waals surface area contributed by atoms with E-state index < -0.39 is 0 Å². The molecule has 6 heteroatoms. The van der Waals surface area contributed by atoms with E-state index in [1.54, 1.807) is 12.1 Å². The Bertz CT molecular complexity index is 425. The number of phenols is 1. The van der Waals surface area contributed by atoms with Crippen molar-refractivity contribution < 1.29 is 9.90 Å². The van der Waals surface area contributed by atoms with Crippen molar-refractivity contribution in [3.05, 3.63) is 28.2 Å². The second kappa shape index (κ2) is 6.91. The summed E-state index contributed by atoms with van der Waals surface area (Å²) in [5, 5.41) is 14.0. The fourth-order valence-electron chi connectivity index (χ4n) is 1.38. The van der Waals surface area contributed by atoms with Crippen LogP contribution in [-0.4, -0.2) is 27.2 Å². The van der Waals surface area contributed by atoms with E-state index >= 15 is 0 Å². The predicted molar refractivity (Wildman–Crippen MR) is 83.9 cm³/mol. The van der Waals surface area contributed by atoms with Gasteiger partial charge in [-0.25, -0.2) is 0 Å². The third-order valence-electron chi connectivity index (χ3n) is 2.77. The van der Waals surface area contributed by atoms with Crippen molar-refractivity contribution in [2.45, 2.75) is 18.9 Å². The van der Waals surface area contributed by atoms with E-state index in [0.29, 0.717) is 10.7 Å². The Morgan fingerprint density at radius 1 is 1.39 bits per heavy atom. The number of rotatable bonds is 5. The summed E-state index contributed by atoms with van der Waals surface area (Å²) in [4.78, 5) is 12.1. The summed E-state index contributed by atoms with van der Waals surface area (Å²) in [5.41, 5.74) is -0.0747. The number of hydrogen-bond acceptors (Lipinski definition) is 2. The van der Waals surface area contributed by atoms with Gasteiger partial charge in [0.15, 0.2) is 0 Å². The summed E-state index contributed by atoms with van der Waals surface area (Å²) in [7, 11) is 0. The van der Waals surface area contributed by atoms with Crippen molar-refractivity contribution in [3.8, 4) is 5.75 Å². The third kappa shape index (κ3) is 3.71. The van der Waals surface area contributed by atoms with Gasteiger partial charge in [-0.1, -0.05) is 54.7 Å². The van der Waals surface area contributed by atoms with Crippen molar-refractivity contribution in [1.82, 2.24) is 5.32 Å². The summed E-state index contributed by atoms with van der Waals surface area (Å²) < 4.78 is 0.735. The molecule has 0 radical (unpaired) electrons. The van der Waals surface area contributed by atoms with Gasteiger partial charge in [0, 0.05) is 15.1 Å². The van der Waals surface area contributed by atoms with Gasteiger partial charge >= 0.3 is 0 Å². The number of carbonyl (C=O) groups is 1. The van der Waals surface area contributed by atoms with Gasteiger partial charge in [0.05, 0.1) is 11.1 Å². The Morgan fingerprint density at radius 2 is 2.00 bits per heavy atom. The van der Waals surface area contributed by atoms with Crippen molar-refractivity contribution in [2.75, 3.05) is 10.7 Å². The lowest BCUT2D eigenvalue weighted by Crippen LogP contribution is -2.51. The highest BCUT2D eigenvalue weighted by Crippen LogP contribution is 2.24. The third-order valence-corrected chi connectivity index (χ3v) is 5.41. The van der Waals surface area contributed by atoms with Crippen LogP contribution in [0.3, 0.4) is 0 Å². The maximum absolute atomic E-state index is 12.1. The number of phenolic OH excluding ortho intramolecular Hbond substituents is 1. The molecular weight excluding hydrogens is 430 g/mol. The zero-order valence-corrected chi connectivity index (χ0v) is 14.6. The Balaban J connectivity index is 2.94. The average Bonchev–Trinajstić information content (AvgIpc) is 2.36. The Kier molecular flexibility index (Phi) is 6.14. The van der Waals surface area contributed by atoms with Crippen LogP contribution in [0.1, 0.15) is 23.7 Å². The van der Waals surface area contributed by atoms with Gasteiger partial charge in [-0.15, -0.1) is 0 Å². The minimum absolute atomic E-state index is 0.0315. The number of nitrogens with one attached hydrogen (secondary N) is 1. The number of carbonyl (C=O) groups excluding carboxylic acids is 1. The van der Waals surface area contributed by atoms with Gasteiger partial charge in [0.1, 0.15) is 5.75 Å². The maximum Gasteiger partial charge on any atom is 0.255 e. The molecule has 1 amide bonds. The molecule has 0 fully saturated rings. The number of halogens is 3. The quantitative estimate of drug-likeness (QED) is 0.679. The smallest absolute Gasteiger partial charge is 0.255 e. The summed E-state index contributed by atoms with van der Waals surface area (Å²) in [6.45, 7) is 2.00. The van der Waals surface area contributed by atoms with Crippen molar-refractivity contribution >= 4 is 53.7 Å². The van der Waals surface area contributed by atoms with Gasteiger partial charge in [-0.05, 0) is 24.6 Å². The number of hydrogen-bond donors (Lipinski definition) is 2. The standard InChI is InChI=1S/C12H14Br3NO2/c1-2-12(6-13,7-14)16-11(18)9-4-3-8(15)5-10(9)17/h3-5,17H,2,6-7H2,1H3,(H,16,18). The number of alkyl halides is 2. The first-order chi connectivity index (χ1) is 8.48. The normalized spacial score (nSPS) is 11.3. The lowest BCUT2D eigenvalue weighted by molar-refractivity contribution is 0.0912. The summed E-state index contributed by atoms with van der Waals surface area (Å²) >= 11 is 10.1. The van der Waals surface area contributed by atoms with E-state index in [4.69, 9.17) is 0 Å². The van der Waals surface area contributed by atoms with Crippen LogP contribution >= 0.6 is 47.8 Å². The molecule has 0 saturated heterocycles. The molecule has 0 atom stereocenters. The van der Waals surface area contributed by atoms with Crippen LogP contribution < -0.4 is 5.32 Å². The molecule has 1 aromatic rings. The monoisotopic (exact) mass is 441 g/mol. The van der Waals surface area contributed by atoms with E-state index in [2.05, 4.69) is 53.1 Å². The summed E-state index contributed by atoms with van der Waals surface area (Å²) in [6, 6.07) is 4.83. The van der Waals surface area contributed by atoms with Gasteiger partial charge in [0.2, 0.25) is 0 Å². The molecule has 0 unspecified atom stereocenters. The Hall–Kier alpha value is -0.0700. The van der Waals surface area contributed by atoms with Crippen molar-refractivity contribution in [2.24, 2.45) is 0 Å². The topological polar surface area (TPSA) is 49.3 Å². The molecule has 0 heterocycles. The summed E-state index contributed by atoms with van der Waals surface area (Å²) in [5.74, 6) is -0.309. The molecule has 0 aromatic heterocycles. The molecular formula is C12H14Br3NO2. The average molecular weight is 444 g/mol. The van der Waals surface area contributed by atoms with Crippen LogP contribution in [0.15, 0.2) is 22.7 Å². The first kappa shape index (κ1) is 16.0. The van der Waals surface area contributed by atoms with Crippen LogP contribution in [0.5, 0.6) is 5.75 Å². The fraction of sp³-hybridized carbons (Fsp3) is 0.417. The molecule has 100 valence electrons. The van der Waals surface area contributed by atoms with Gasteiger partial charge in [0.25, 0.3) is 5.91 Å². The first-order valence-electron chi connectivity index (χ1n) is 5.41. The molecule has 2 N–H and O–H groups in total. The highest BCUT2D eigenvalue weighted by molar-refractivity contribution is 9.10. The number of aromatic hydroxyl groups is 1. The highest BCUT2D eigenvalue weighted by Gasteiger charge is 2.28. The molecule has 1 rings (SSSR count). The molecule has 0 bridgehead atoms. The minimum Gasteiger partial charge on any atom is -0.507 e. The van der Waals surface area contributed by atoms with Crippen LogP contribution in [0.2, 0.25) is 0 Å². The second-order valence-corrected chi connectivity index (χ2v) is 6.05. The predicted octanol–water partition coefficient (Wildman–Crippen LogP) is 3.82. The van der Waals surface area contributed by atoms with Gasteiger partial charge in [-0.2, -0.15) is 0 Å². The molecule has 0 aliphatic heterocycles. The van der Waals surface area contributed by atoms with E-state index in [1.165, 1.54) is 6.07 Å². The van der Waals surface area contributed by atoms with Crippen molar-refractivity contribution in [3.63, 3.8) is 0 Å². The zero-order chi connectivity index (χ0) is 13.8. The largest absolute Gasteiger partial charge is 0.507 e. The van der Waals surface area contributed by atoms with Crippen LogP contribution in [0.25, 0.3) is 0 Å². The lowest BCUT2D eigenvalue weighted by atomic mass is 10.0. The number of benzene rings is 1. The SMILES string of the molecule is CCC(CBr)(CBr)NC(=O)c1ccc(Br)cc1O. The van der Waals surface area contributed by atoms with Crippen LogP contribution in [0, 0.1) is 0 Å². The van der Waals surface area contributed by atoms with Crippen LogP contribution in [-0.2, 0) is 0 Å². The molecule has 18 heavy (non-hydrogen) atoms. The molecule has 1 aromatic carbocycles. The molecule has 0 aliphatic carbocycles. The molecule has 3 nitrogen and oxygen atoms in total. The number of amides is 1. The molecule has 0 spiro atoms. The fourth-order valence-corrected chi connectivity index (χ4v) is 3.74. The molecule has 0 aliphatic rings. The maximum atomic E-state index is 12.1. The van der Waals surface area contributed by atoms with Crippen molar-refractivity contribution in [1.29, 1.82) is 0 Å².